The van der Waals surface area contributed by atoms with Crippen LogP contribution in [0.15, 0.2) is 24.3 Å². The fourth-order valence-electron chi connectivity index (χ4n) is 2.90. The van der Waals surface area contributed by atoms with Crippen LogP contribution < -0.4 is 10.1 Å². The van der Waals surface area contributed by atoms with Gasteiger partial charge in [-0.1, -0.05) is 18.2 Å². The quantitative estimate of drug-likeness (QED) is 0.895. The van der Waals surface area contributed by atoms with Gasteiger partial charge in [0.2, 0.25) is 5.91 Å². The lowest BCUT2D eigenvalue weighted by Crippen LogP contribution is -2.44. The number of Topliss-reactive ketones (excluding diaryl/α,β-unsaturated/α-hetero) is 1. The maximum atomic E-state index is 12.3. The average molecular weight is 273 g/mol. The van der Waals surface area contributed by atoms with Gasteiger partial charge in [0.15, 0.2) is 0 Å². The van der Waals surface area contributed by atoms with Gasteiger partial charge in [0.25, 0.3) is 0 Å². The van der Waals surface area contributed by atoms with E-state index < -0.39 is 0 Å². The number of benzene rings is 1. The second-order valence-corrected chi connectivity index (χ2v) is 5.64. The van der Waals surface area contributed by atoms with Gasteiger partial charge < -0.3 is 10.1 Å². The molecule has 106 valence electrons. The molecule has 1 atom stereocenters. The summed E-state index contributed by atoms with van der Waals surface area (Å²) in [5.74, 6) is 1.13. The van der Waals surface area contributed by atoms with E-state index >= 15 is 0 Å². The minimum absolute atomic E-state index is 0.0545. The lowest BCUT2D eigenvalue weighted by atomic mass is 9.92. The molecule has 0 spiro atoms. The number of ketones is 1. The summed E-state index contributed by atoms with van der Waals surface area (Å²) in [4.78, 5) is 23.5. The van der Waals surface area contributed by atoms with Crippen molar-refractivity contribution in [3.63, 3.8) is 0 Å². The molecule has 4 heteroatoms. The maximum absolute atomic E-state index is 12.3. The number of nitrogens with one attached hydrogen (secondary N) is 1. The van der Waals surface area contributed by atoms with Gasteiger partial charge in [0.1, 0.15) is 18.1 Å². The highest BCUT2D eigenvalue weighted by atomic mass is 16.5. The first-order valence-electron chi connectivity index (χ1n) is 7.25. The van der Waals surface area contributed by atoms with E-state index in [0.717, 1.165) is 30.6 Å². The summed E-state index contributed by atoms with van der Waals surface area (Å²) in [6, 6.07) is 8.01. The van der Waals surface area contributed by atoms with Crippen LogP contribution in [0.4, 0.5) is 0 Å². The van der Waals surface area contributed by atoms with E-state index in [4.69, 9.17) is 4.74 Å². The van der Waals surface area contributed by atoms with Crippen LogP contribution in [0.5, 0.6) is 5.75 Å². The van der Waals surface area contributed by atoms with E-state index in [0.29, 0.717) is 25.2 Å². The molecule has 1 aliphatic heterocycles. The van der Waals surface area contributed by atoms with Crippen LogP contribution in [-0.2, 0) is 16.0 Å². The van der Waals surface area contributed by atoms with E-state index in [-0.39, 0.29) is 17.9 Å². The Labute approximate surface area is 118 Å². The Kier molecular flexibility index (Phi) is 3.72. The predicted octanol–water partition coefficient (Wildman–Crippen LogP) is 1.87. The molecule has 1 aliphatic carbocycles. The van der Waals surface area contributed by atoms with E-state index in [1.807, 2.05) is 24.3 Å². The number of hydrogen-bond acceptors (Lipinski definition) is 3. The number of amides is 1. The SMILES string of the molecule is O=C1CCC(NC(=O)C2COc3ccccc3C2)CC1. The Morgan fingerprint density at radius 3 is 2.75 bits per heavy atom. The zero-order valence-corrected chi connectivity index (χ0v) is 11.4. The van der Waals surface area contributed by atoms with Crippen molar-refractivity contribution in [2.24, 2.45) is 5.92 Å². The number of fused-ring (bicyclic) bond motifs is 1. The smallest absolute Gasteiger partial charge is 0.227 e. The van der Waals surface area contributed by atoms with E-state index in [1.54, 1.807) is 0 Å². The molecule has 20 heavy (non-hydrogen) atoms. The summed E-state index contributed by atoms with van der Waals surface area (Å²) in [7, 11) is 0. The Bertz CT molecular complexity index is 516. The number of hydrogen-bond donors (Lipinski definition) is 1. The number of ether oxygens (including phenoxy) is 1. The predicted molar refractivity (Wildman–Crippen MR) is 74.5 cm³/mol. The summed E-state index contributed by atoms with van der Waals surface area (Å²) in [6.07, 6.45) is 3.46. The minimum Gasteiger partial charge on any atom is -0.492 e. The van der Waals surface area contributed by atoms with Gasteiger partial charge in [-0.3, -0.25) is 9.59 Å². The largest absolute Gasteiger partial charge is 0.492 e. The van der Waals surface area contributed by atoms with Gasteiger partial charge in [0, 0.05) is 18.9 Å². The van der Waals surface area contributed by atoms with Crippen LogP contribution >= 0.6 is 0 Å². The number of carbonyl (C=O) groups excluding carboxylic acids is 2. The molecule has 1 aromatic rings. The summed E-state index contributed by atoms with van der Waals surface area (Å²) in [5, 5.41) is 3.07. The molecular formula is C16H19NO3. The Morgan fingerprint density at radius 2 is 1.95 bits per heavy atom. The average Bonchev–Trinajstić information content (AvgIpc) is 2.49. The molecule has 0 saturated heterocycles. The molecule has 1 unspecified atom stereocenters. The van der Waals surface area contributed by atoms with Crippen LogP contribution in [-0.4, -0.2) is 24.3 Å². The summed E-state index contributed by atoms with van der Waals surface area (Å²) < 4.78 is 5.65. The molecule has 1 aromatic carbocycles. The second-order valence-electron chi connectivity index (χ2n) is 5.64. The first-order valence-corrected chi connectivity index (χ1v) is 7.25. The van der Waals surface area contributed by atoms with E-state index in [1.165, 1.54) is 0 Å². The monoisotopic (exact) mass is 273 g/mol. The van der Waals surface area contributed by atoms with Crippen molar-refractivity contribution in [2.75, 3.05) is 6.61 Å². The molecule has 1 fully saturated rings. The van der Waals surface area contributed by atoms with Crippen LogP contribution in [0.25, 0.3) is 0 Å². The van der Waals surface area contributed by atoms with Gasteiger partial charge >= 0.3 is 0 Å². The van der Waals surface area contributed by atoms with Crippen LogP contribution in [0, 0.1) is 5.92 Å². The third kappa shape index (κ3) is 2.84. The van der Waals surface area contributed by atoms with Crippen LogP contribution in [0.1, 0.15) is 31.2 Å². The molecular weight excluding hydrogens is 254 g/mol. The van der Waals surface area contributed by atoms with Gasteiger partial charge in [-0.2, -0.15) is 0 Å². The molecule has 1 amide bonds. The fraction of sp³-hybridized carbons (Fsp3) is 0.500. The van der Waals surface area contributed by atoms with Gasteiger partial charge in [-0.25, -0.2) is 0 Å². The van der Waals surface area contributed by atoms with Crippen molar-refractivity contribution in [3.8, 4) is 5.75 Å². The third-order valence-electron chi connectivity index (χ3n) is 4.14. The fourth-order valence-corrected chi connectivity index (χ4v) is 2.90. The molecule has 0 bridgehead atoms. The highest BCUT2D eigenvalue weighted by molar-refractivity contribution is 5.81. The van der Waals surface area contributed by atoms with Crippen molar-refractivity contribution >= 4 is 11.7 Å². The minimum atomic E-state index is -0.123. The summed E-state index contributed by atoms with van der Waals surface area (Å²) in [5.41, 5.74) is 1.10. The van der Waals surface area contributed by atoms with Gasteiger partial charge in [0.05, 0.1) is 5.92 Å². The Morgan fingerprint density at radius 1 is 1.20 bits per heavy atom. The lowest BCUT2D eigenvalue weighted by molar-refractivity contribution is -0.128. The van der Waals surface area contributed by atoms with Gasteiger partial charge in [-0.05, 0) is 30.9 Å². The number of para-hydroxylation sites is 1. The molecule has 0 radical (unpaired) electrons. The molecule has 4 nitrogen and oxygen atoms in total. The van der Waals surface area contributed by atoms with Crippen molar-refractivity contribution in [2.45, 2.75) is 38.1 Å². The maximum Gasteiger partial charge on any atom is 0.227 e. The zero-order chi connectivity index (χ0) is 13.9. The molecule has 3 rings (SSSR count). The van der Waals surface area contributed by atoms with Gasteiger partial charge in [-0.15, -0.1) is 0 Å². The lowest BCUT2D eigenvalue weighted by Gasteiger charge is -2.28. The number of rotatable bonds is 2. The van der Waals surface area contributed by atoms with Crippen LogP contribution in [0.2, 0.25) is 0 Å². The highest BCUT2D eigenvalue weighted by Gasteiger charge is 2.28. The number of carbonyl (C=O) groups is 2. The standard InChI is InChI=1S/C16H19NO3/c18-14-7-5-13(6-8-14)17-16(19)12-9-11-3-1-2-4-15(11)20-10-12/h1-4,12-13H,5-10H2,(H,17,19). The summed E-state index contributed by atoms with van der Waals surface area (Å²) >= 11 is 0. The van der Waals surface area contributed by atoms with Crippen molar-refractivity contribution in [3.05, 3.63) is 29.8 Å². The first-order chi connectivity index (χ1) is 9.72. The molecule has 1 saturated carbocycles. The normalized spacial score (nSPS) is 22.8. The second kappa shape index (κ2) is 5.65. The highest BCUT2D eigenvalue weighted by Crippen LogP contribution is 2.27. The third-order valence-corrected chi connectivity index (χ3v) is 4.14. The molecule has 0 aromatic heterocycles. The van der Waals surface area contributed by atoms with Crippen molar-refractivity contribution in [1.82, 2.24) is 5.32 Å². The first kappa shape index (κ1) is 13.2. The Balaban J connectivity index is 1.57. The van der Waals surface area contributed by atoms with Crippen LogP contribution in [0.3, 0.4) is 0 Å². The molecule has 1 N–H and O–H groups in total. The Hall–Kier alpha value is -1.84. The molecule has 1 heterocycles. The molecule has 2 aliphatic rings. The summed E-state index contributed by atoms with van der Waals surface area (Å²) in [6.45, 7) is 0.439. The topological polar surface area (TPSA) is 55.4 Å². The van der Waals surface area contributed by atoms with E-state index in [9.17, 15) is 9.59 Å². The van der Waals surface area contributed by atoms with Crippen molar-refractivity contribution < 1.29 is 14.3 Å². The zero-order valence-electron chi connectivity index (χ0n) is 11.4. The van der Waals surface area contributed by atoms with E-state index in [2.05, 4.69) is 5.32 Å². The van der Waals surface area contributed by atoms with Crippen molar-refractivity contribution in [1.29, 1.82) is 0 Å².